The molecule has 0 aliphatic rings. The first kappa shape index (κ1) is 16.0. The van der Waals surface area contributed by atoms with Crippen molar-refractivity contribution in [2.75, 3.05) is 13.7 Å². The molecule has 0 aliphatic heterocycles. The smallest absolute Gasteiger partial charge is 0.310 e. The quantitative estimate of drug-likeness (QED) is 0.820. The lowest BCUT2D eigenvalue weighted by Gasteiger charge is -2.13. The van der Waals surface area contributed by atoms with Crippen molar-refractivity contribution in [2.45, 2.75) is 18.8 Å². The van der Waals surface area contributed by atoms with E-state index in [-0.39, 0.29) is 18.6 Å². The molecule has 0 spiro atoms. The molecular weight excluding hydrogens is 284 g/mol. The van der Waals surface area contributed by atoms with Crippen LogP contribution in [0, 0.1) is 0 Å². The first-order valence-corrected chi connectivity index (χ1v) is 6.98. The van der Waals surface area contributed by atoms with Gasteiger partial charge in [-0.15, -0.1) is 0 Å². The number of Topliss-reactive ketones (excluding diaryl/α,β-unsaturated/α-hetero) is 1. The second-order valence-electron chi connectivity index (χ2n) is 5.10. The number of hydrogen-bond donors (Lipinski definition) is 2. The number of aliphatic hydroxyl groups is 1. The Morgan fingerprint density at radius 2 is 1.82 bits per heavy atom. The van der Waals surface area contributed by atoms with Crippen LogP contribution in [0.25, 0.3) is 10.8 Å². The topological polar surface area (TPSA) is 83.8 Å². The summed E-state index contributed by atoms with van der Waals surface area (Å²) in [5.74, 6) is -1.35. The first-order chi connectivity index (χ1) is 10.5. The van der Waals surface area contributed by atoms with Crippen molar-refractivity contribution in [3.8, 4) is 5.75 Å². The molecule has 1 atom stereocenters. The summed E-state index contributed by atoms with van der Waals surface area (Å²) in [7, 11) is 1.59. The summed E-state index contributed by atoms with van der Waals surface area (Å²) < 4.78 is 5.16. The number of aliphatic carboxylic acids is 1. The Balaban J connectivity index is 2.29. The average molecular weight is 302 g/mol. The summed E-state index contributed by atoms with van der Waals surface area (Å²) in [6, 6.07) is 11.0. The summed E-state index contributed by atoms with van der Waals surface area (Å²) in [6.07, 6.45) is 0.227. The predicted octanol–water partition coefficient (Wildman–Crippen LogP) is 2.36. The molecule has 2 N–H and O–H groups in total. The molecular formula is C17H18O5. The van der Waals surface area contributed by atoms with Crippen LogP contribution < -0.4 is 4.74 Å². The van der Waals surface area contributed by atoms with Gasteiger partial charge in [-0.1, -0.05) is 24.3 Å². The SMILES string of the molecule is COc1ccc2cc([C@H](CCC(=O)CO)C(=O)O)ccc2c1. The third-order valence-electron chi connectivity index (χ3n) is 3.66. The van der Waals surface area contributed by atoms with E-state index in [2.05, 4.69) is 0 Å². The lowest BCUT2D eigenvalue weighted by Crippen LogP contribution is -2.14. The summed E-state index contributed by atoms with van der Waals surface area (Å²) in [6.45, 7) is -0.552. The number of methoxy groups -OCH3 is 1. The van der Waals surface area contributed by atoms with Crippen molar-refractivity contribution in [3.63, 3.8) is 0 Å². The first-order valence-electron chi connectivity index (χ1n) is 6.98. The van der Waals surface area contributed by atoms with E-state index in [0.29, 0.717) is 5.56 Å². The molecule has 2 aromatic carbocycles. The van der Waals surface area contributed by atoms with Crippen molar-refractivity contribution in [3.05, 3.63) is 42.0 Å². The van der Waals surface area contributed by atoms with E-state index in [1.807, 2.05) is 30.3 Å². The number of carbonyl (C=O) groups is 2. The van der Waals surface area contributed by atoms with E-state index in [9.17, 15) is 14.7 Å². The highest BCUT2D eigenvalue weighted by Crippen LogP contribution is 2.27. The Kier molecular flexibility index (Phi) is 5.12. The van der Waals surface area contributed by atoms with E-state index in [4.69, 9.17) is 9.84 Å². The van der Waals surface area contributed by atoms with Crippen LogP contribution in [0.1, 0.15) is 24.3 Å². The van der Waals surface area contributed by atoms with Crippen LogP contribution >= 0.6 is 0 Å². The van der Waals surface area contributed by atoms with Crippen LogP contribution in [0.15, 0.2) is 36.4 Å². The molecule has 116 valence electrons. The molecule has 0 amide bonds. The van der Waals surface area contributed by atoms with Gasteiger partial charge in [-0.2, -0.15) is 0 Å². The van der Waals surface area contributed by atoms with Crippen LogP contribution in [-0.4, -0.2) is 35.7 Å². The maximum Gasteiger partial charge on any atom is 0.310 e. The molecule has 0 saturated heterocycles. The highest BCUT2D eigenvalue weighted by atomic mass is 16.5. The van der Waals surface area contributed by atoms with Gasteiger partial charge >= 0.3 is 5.97 Å². The maximum atomic E-state index is 11.4. The van der Waals surface area contributed by atoms with Crippen LogP contribution in [0.5, 0.6) is 5.75 Å². The Labute approximate surface area is 128 Å². The van der Waals surface area contributed by atoms with Crippen molar-refractivity contribution in [2.24, 2.45) is 0 Å². The van der Waals surface area contributed by atoms with Gasteiger partial charge in [-0.25, -0.2) is 0 Å². The average Bonchev–Trinajstić information content (AvgIpc) is 2.53. The molecule has 0 bridgehead atoms. The Hall–Kier alpha value is -2.40. The largest absolute Gasteiger partial charge is 0.497 e. The number of benzene rings is 2. The van der Waals surface area contributed by atoms with Gasteiger partial charge in [0.15, 0.2) is 5.78 Å². The van der Waals surface area contributed by atoms with Crippen molar-refractivity contribution < 1.29 is 24.5 Å². The van der Waals surface area contributed by atoms with Gasteiger partial charge in [0.05, 0.1) is 13.0 Å². The lowest BCUT2D eigenvalue weighted by atomic mass is 9.91. The Bertz CT molecular complexity index is 693. The number of aliphatic hydroxyl groups excluding tert-OH is 1. The summed E-state index contributed by atoms with van der Waals surface area (Å²) in [4.78, 5) is 22.6. The summed E-state index contributed by atoms with van der Waals surface area (Å²) in [5.41, 5.74) is 0.649. The molecule has 2 aromatic rings. The van der Waals surface area contributed by atoms with E-state index in [0.717, 1.165) is 16.5 Å². The molecule has 5 heteroatoms. The standard InChI is InChI=1S/C17H18O5/c1-22-15-6-4-11-8-13(3-2-12(11)9-15)16(17(20)21)7-5-14(19)10-18/h2-4,6,8-9,16,18H,5,7,10H2,1H3,(H,20,21)/t16-/m0/s1. The highest BCUT2D eigenvalue weighted by molar-refractivity contribution is 5.87. The van der Waals surface area contributed by atoms with Gasteiger partial charge in [-0.3, -0.25) is 9.59 Å². The maximum absolute atomic E-state index is 11.4. The van der Waals surface area contributed by atoms with Crippen LogP contribution in [0.4, 0.5) is 0 Å². The van der Waals surface area contributed by atoms with Gasteiger partial charge in [0.25, 0.3) is 0 Å². The fourth-order valence-corrected chi connectivity index (χ4v) is 2.40. The minimum atomic E-state index is -0.974. The molecule has 0 radical (unpaired) electrons. The number of ketones is 1. The predicted molar refractivity (Wildman–Crippen MR) is 82.2 cm³/mol. The molecule has 0 aromatic heterocycles. The fraction of sp³-hybridized carbons (Fsp3) is 0.294. The molecule has 5 nitrogen and oxygen atoms in total. The van der Waals surface area contributed by atoms with Crippen molar-refractivity contribution >= 4 is 22.5 Å². The number of rotatable bonds is 7. The van der Waals surface area contributed by atoms with Crippen molar-refractivity contribution in [1.29, 1.82) is 0 Å². The van der Waals surface area contributed by atoms with Gasteiger partial charge in [0.2, 0.25) is 0 Å². The van der Waals surface area contributed by atoms with E-state index >= 15 is 0 Å². The van der Waals surface area contributed by atoms with Crippen LogP contribution in [-0.2, 0) is 9.59 Å². The molecule has 0 fully saturated rings. The van der Waals surface area contributed by atoms with Gasteiger partial charge in [0, 0.05) is 6.42 Å². The normalized spacial score (nSPS) is 12.1. The molecule has 0 heterocycles. The molecule has 2 rings (SSSR count). The third kappa shape index (κ3) is 3.62. The molecule has 22 heavy (non-hydrogen) atoms. The second-order valence-corrected chi connectivity index (χ2v) is 5.10. The minimum absolute atomic E-state index is 0.0497. The number of ether oxygens (including phenoxy) is 1. The number of fused-ring (bicyclic) bond motifs is 1. The zero-order valence-corrected chi connectivity index (χ0v) is 12.3. The summed E-state index contributed by atoms with van der Waals surface area (Å²) in [5, 5.41) is 20.0. The molecule has 0 aliphatic carbocycles. The number of carboxylic acid groups (broad SMARTS) is 1. The Morgan fingerprint density at radius 3 is 2.45 bits per heavy atom. The second kappa shape index (κ2) is 7.04. The van der Waals surface area contributed by atoms with E-state index in [1.54, 1.807) is 13.2 Å². The van der Waals surface area contributed by atoms with Gasteiger partial charge in [0.1, 0.15) is 12.4 Å². The Morgan fingerprint density at radius 1 is 1.14 bits per heavy atom. The zero-order chi connectivity index (χ0) is 16.1. The fourth-order valence-electron chi connectivity index (χ4n) is 2.40. The monoisotopic (exact) mass is 302 g/mol. The van der Waals surface area contributed by atoms with E-state index < -0.39 is 18.5 Å². The molecule has 0 saturated carbocycles. The highest BCUT2D eigenvalue weighted by Gasteiger charge is 2.21. The lowest BCUT2D eigenvalue weighted by molar-refractivity contribution is -0.139. The van der Waals surface area contributed by atoms with Gasteiger partial charge < -0.3 is 14.9 Å². The van der Waals surface area contributed by atoms with E-state index in [1.165, 1.54) is 0 Å². The zero-order valence-electron chi connectivity index (χ0n) is 12.3. The van der Waals surface area contributed by atoms with Crippen LogP contribution in [0.2, 0.25) is 0 Å². The minimum Gasteiger partial charge on any atom is -0.497 e. The van der Waals surface area contributed by atoms with Gasteiger partial charge in [-0.05, 0) is 34.9 Å². The van der Waals surface area contributed by atoms with Crippen LogP contribution in [0.3, 0.4) is 0 Å². The molecule has 0 unspecified atom stereocenters. The number of carboxylic acids is 1. The summed E-state index contributed by atoms with van der Waals surface area (Å²) >= 11 is 0. The van der Waals surface area contributed by atoms with Crippen molar-refractivity contribution in [1.82, 2.24) is 0 Å². The number of hydrogen-bond acceptors (Lipinski definition) is 4. The number of carbonyl (C=O) groups excluding carboxylic acids is 1. The third-order valence-corrected chi connectivity index (χ3v) is 3.66.